The summed E-state index contributed by atoms with van der Waals surface area (Å²) in [5.74, 6) is -3.18. The van der Waals surface area contributed by atoms with Crippen molar-refractivity contribution in [3.63, 3.8) is 0 Å². The molecule has 1 aliphatic heterocycles. The number of hydrogen-bond acceptors (Lipinski definition) is 5. The monoisotopic (exact) mass is 599 g/mol. The van der Waals surface area contributed by atoms with Gasteiger partial charge in [-0.3, -0.25) is 9.10 Å². The Balaban J connectivity index is 1.82. The van der Waals surface area contributed by atoms with Gasteiger partial charge in [0.2, 0.25) is 0 Å². The molecule has 0 aliphatic carbocycles. The third-order valence-corrected chi connectivity index (χ3v) is 8.13. The molecule has 1 atom stereocenters. The SMILES string of the molecule is C/C(=C\c1cc2c(cc1F)O[C@@H](CCC(=O)O)CN2S(=O)(=O)c1cccc(OC(F)F)c1)c1c(F)cccc1Cl. The number of benzene rings is 3. The molecule has 0 saturated carbocycles. The maximum absolute atomic E-state index is 15.2. The first-order valence-corrected chi connectivity index (χ1v) is 13.6. The molecule has 13 heteroatoms. The average molecular weight is 600 g/mol. The predicted octanol–water partition coefficient (Wildman–Crippen LogP) is 6.60. The lowest BCUT2D eigenvalue weighted by Gasteiger charge is -2.35. The normalized spacial score (nSPS) is 15.5. The van der Waals surface area contributed by atoms with Gasteiger partial charge in [0.05, 0.1) is 22.2 Å². The average Bonchev–Trinajstić information content (AvgIpc) is 2.87. The van der Waals surface area contributed by atoms with Gasteiger partial charge in [-0.2, -0.15) is 8.78 Å². The summed E-state index contributed by atoms with van der Waals surface area (Å²) in [5, 5.41) is 9.17. The predicted molar refractivity (Wildman–Crippen MR) is 140 cm³/mol. The minimum Gasteiger partial charge on any atom is -0.486 e. The lowest BCUT2D eigenvalue weighted by atomic mass is 10.0. The zero-order valence-electron chi connectivity index (χ0n) is 20.8. The lowest BCUT2D eigenvalue weighted by Crippen LogP contribution is -2.43. The molecule has 4 rings (SSSR count). The molecule has 7 nitrogen and oxygen atoms in total. The van der Waals surface area contributed by atoms with E-state index in [0.717, 1.165) is 22.5 Å². The molecule has 1 aliphatic rings. The van der Waals surface area contributed by atoms with Crippen LogP contribution in [-0.2, 0) is 14.8 Å². The van der Waals surface area contributed by atoms with Crippen LogP contribution in [0.3, 0.4) is 0 Å². The highest BCUT2D eigenvalue weighted by molar-refractivity contribution is 7.92. The summed E-state index contributed by atoms with van der Waals surface area (Å²) < 4.78 is 93.6. The highest BCUT2D eigenvalue weighted by Crippen LogP contribution is 2.41. The quantitative estimate of drug-likeness (QED) is 0.220. The fourth-order valence-electron chi connectivity index (χ4n) is 4.24. The first-order chi connectivity index (χ1) is 18.9. The fraction of sp³-hybridized carbons (Fsp3) is 0.222. The van der Waals surface area contributed by atoms with Crippen molar-refractivity contribution in [2.45, 2.75) is 37.4 Å². The second-order valence-corrected chi connectivity index (χ2v) is 11.1. The molecule has 212 valence electrons. The molecule has 40 heavy (non-hydrogen) atoms. The van der Waals surface area contributed by atoms with E-state index < -0.39 is 51.0 Å². The Morgan fingerprint density at radius 3 is 2.58 bits per heavy atom. The van der Waals surface area contributed by atoms with Crippen LogP contribution in [0.15, 0.2) is 59.5 Å². The number of nitrogens with zero attached hydrogens (tertiary/aromatic N) is 1. The minimum atomic E-state index is -4.47. The molecule has 0 saturated heterocycles. The van der Waals surface area contributed by atoms with Crippen LogP contribution in [0.1, 0.15) is 30.9 Å². The number of sulfonamides is 1. The molecule has 0 aromatic heterocycles. The smallest absolute Gasteiger partial charge is 0.387 e. The van der Waals surface area contributed by atoms with Crippen LogP contribution in [0.2, 0.25) is 5.02 Å². The van der Waals surface area contributed by atoms with Crippen molar-refractivity contribution < 1.29 is 45.4 Å². The number of carboxylic acids is 1. The van der Waals surface area contributed by atoms with Gasteiger partial charge in [-0.1, -0.05) is 23.7 Å². The zero-order chi connectivity index (χ0) is 29.2. The van der Waals surface area contributed by atoms with Gasteiger partial charge in [0.15, 0.2) is 0 Å². The van der Waals surface area contributed by atoms with E-state index in [1.54, 1.807) is 0 Å². The molecule has 3 aromatic carbocycles. The maximum Gasteiger partial charge on any atom is 0.387 e. The van der Waals surface area contributed by atoms with Crippen molar-refractivity contribution in [2.24, 2.45) is 0 Å². The molecule has 1 N–H and O–H groups in total. The van der Waals surface area contributed by atoms with E-state index in [1.807, 2.05) is 0 Å². The highest BCUT2D eigenvalue weighted by Gasteiger charge is 2.36. The minimum absolute atomic E-state index is 0.0339. The van der Waals surface area contributed by atoms with Crippen molar-refractivity contribution >= 4 is 44.9 Å². The number of carbonyl (C=O) groups is 1. The Bertz CT molecular complexity index is 1560. The van der Waals surface area contributed by atoms with Crippen molar-refractivity contribution in [3.8, 4) is 11.5 Å². The molecule has 0 radical (unpaired) electrons. The Kier molecular flexibility index (Phi) is 8.59. The third-order valence-electron chi connectivity index (χ3n) is 6.04. The second kappa shape index (κ2) is 11.8. The molecular formula is C27H22ClF4NO6S. The summed E-state index contributed by atoms with van der Waals surface area (Å²) in [5.41, 5.74) is 0.0841. The van der Waals surface area contributed by atoms with Gasteiger partial charge in [-0.15, -0.1) is 0 Å². The van der Waals surface area contributed by atoms with Crippen LogP contribution in [0.25, 0.3) is 11.6 Å². The number of rotatable bonds is 9. The highest BCUT2D eigenvalue weighted by atomic mass is 35.5. The van der Waals surface area contributed by atoms with Gasteiger partial charge in [-0.25, -0.2) is 17.2 Å². The van der Waals surface area contributed by atoms with Gasteiger partial charge in [0.1, 0.15) is 29.2 Å². The number of aliphatic carboxylic acids is 1. The van der Waals surface area contributed by atoms with Gasteiger partial charge >= 0.3 is 12.6 Å². The van der Waals surface area contributed by atoms with E-state index in [2.05, 4.69) is 4.74 Å². The molecule has 1 heterocycles. The number of alkyl halides is 2. The molecule has 0 bridgehead atoms. The molecular weight excluding hydrogens is 578 g/mol. The number of anilines is 1. The summed E-state index contributed by atoms with van der Waals surface area (Å²) in [6.45, 7) is -2.04. The van der Waals surface area contributed by atoms with Crippen molar-refractivity contribution in [1.29, 1.82) is 0 Å². The van der Waals surface area contributed by atoms with E-state index in [4.69, 9.17) is 21.4 Å². The standard InChI is InChI=1S/C27H22ClF4NO6S/c1-15(26-20(28)6-3-7-21(26)29)10-16-11-23-24(13-22(16)30)38-18(8-9-25(34)35)14-33(23)40(36,37)19-5-2-4-17(12-19)39-27(31)32/h2-7,10-13,18,27H,8-9,14H2,1H3,(H,34,35)/b15-10+/t18-/m0/s1. The maximum atomic E-state index is 15.2. The second-order valence-electron chi connectivity index (χ2n) is 8.83. The molecule has 3 aromatic rings. The molecule has 0 amide bonds. The number of fused-ring (bicyclic) bond motifs is 1. The Hall–Kier alpha value is -3.77. The van der Waals surface area contributed by atoms with Crippen molar-refractivity contribution in [1.82, 2.24) is 0 Å². The van der Waals surface area contributed by atoms with Crippen molar-refractivity contribution in [2.75, 3.05) is 10.8 Å². The summed E-state index contributed by atoms with van der Waals surface area (Å²) in [6, 6.07) is 10.7. The number of hydrogen-bond donors (Lipinski definition) is 1. The first kappa shape index (κ1) is 29.2. The van der Waals surface area contributed by atoms with Crippen LogP contribution in [0.4, 0.5) is 23.2 Å². The fourth-order valence-corrected chi connectivity index (χ4v) is 6.09. The van der Waals surface area contributed by atoms with E-state index in [-0.39, 0.29) is 52.5 Å². The summed E-state index contributed by atoms with van der Waals surface area (Å²) in [6.07, 6.45) is -0.113. The Labute approximate surface area is 232 Å². The van der Waals surface area contributed by atoms with E-state index in [0.29, 0.717) is 0 Å². The number of carboxylic acid groups (broad SMARTS) is 1. The lowest BCUT2D eigenvalue weighted by molar-refractivity contribution is -0.137. The van der Waals surface area contributed by atoms with Crippen LogP contribution in [0, 0.1) is 11.6 Å². The molecule has 0 fully saturated rings. The van der Waals surface area contributed by atoms with Crippen LogP contribution in [-0.4, -0.2) is 38.8 Å². The van der Waals surface area contributed by atoms with Crippen LogP contribution < -0.4 is 13.8 Å². The van der Waals surface area contributed by atoms with Crippen molar-refractivity contribution in [3.05, 3.63) is 82.4 Å². The molecule has 0 unspecified atom stereocenters. The Morgan fingerprint density at radius 2 is 1.90 bits per heavy atom. The van der Waals surface area contributed by atoms with Gasteiger partial charge in [0, 0.05) is 29.7 Å². The van der Waals surface area contributed by atoms with E-state index in [9.17, 15) is 26.4 Å². The topological polar surface area (TPSA) is 93.1 Å². The number of halogens is 5. The molecule has 0 spiro atoms. The van der Waals surface area contributed by atoms with Gasteiger partial charge in [0.25, 0.3) is 10.0 Å². The zero-order valence-corrected chi connectivity index (χ0v) is 22.4. The summed E-state index contributed by atoms with van der Waals surface area (Å²) in [4.78, 5) is 10.7. The van der Waals surface area contributed by atoms with Gasteiger partial charge < -0.3 is 14.6 Å². The van der Waals surface area contributed by atoms with E-state index >= 15 is 4.39 Å². The first-order valence-electron chi connectivity index (χ1n) is 11.8. The number of ether oxygens (including phenoxy) is 2. The van der Waals surface area contributed by atoms with E-state index in [1.165, 1.54) is 49.4 Å². The van der Waals surface area contributed by atoms with Gasteiger partial charge in [-0.05, 0) is 55.3 Å². The number of allylic oxidation sites excluding steroid dienone is 1. The summed E-state index contributed by atoms with van der Waals surface area (Å²) >= 11 is 6.13. The third kappa shape index (κ3) is 6.34. The van der Waals surface area contributed by atoms with Crippen LogP contribution >= 0.6 is 11.6 Å². The Morgan fingerprint density at radius 1 is 1.18 bits per heavy atom. The summed E-state index contributed by atoms with van der Waals surface area (Å²) in [7, 11) is -4.47. The largest absolute Gasteiger partial charge is 0.486 e. The van der Waals surface area contributed by atoms with Crippen LogP contribution in [0.5, 0.6) is 11.5 Å².